The third-order valence-corrected chi connectivity index (χ3v) is 6.19. The Morgan fingerprint density at radius 2 is 1.74 bits per heavy atom. The zero-order valence-corrected chi connectivity index (χ0v) is 17.0. The molecule has 5 rings (SSSR count). The van der Waals surface area contributed by atoms with Gasteiger partial charge in [-0.2, -0.15) is 0 Å². The lowest BCUT2D eigenvalue weighted by molar-refractivity contribution is -0.120. The number of ether oxygens (including phenoxy) is 1. The maximum atomic E-state index is 12.0. The molecule has 0 radical (unpaired) electrons. The molecule has 1 heterocycles. The maximum absolute atomic E-state index is 12.0. The molecule has 0 saturated carbocycles. The summed E-state index contributed by atoms with van der Waals surface area (Å²) in [6.45, 7) is 0.306. The molecule has 0 bridgehead atoms. The number of nitrogens with one attached hydrogen (secondary N) is 1. The highest BCUT2D eigenvalue weighted by molar-refractivity contribution is 7.89. The number of sulfonamides is 1. The molecular formula is C19H12N4O6S2. The highest BCUT2D eigenvalue weighted by atomic mass is 32.2. The zero-order chi connectivity index (χ0) is 21.9. The van der Waals surface area contributed by atoms with Crippen LogP contribution in [0.5, 0.6) is 5.75 Å². The highest BCUT2D eigenvalue weighted by Gasteiger charge is 2.28. The lowest BCUT2D eigenvalue weighted by Gasteiger charge is -2.08. The fourth-order valence-electron chi connectivity index (χ4n) is 3.72. The molecule has 0 aliphatic heterocycles. The van der Waals surface area contributed by atoms with Crippen LogP contribution in [0.4, 0.5) is 5.69 Å². The summed E-state index contributed by atoms with van der Waals surface area (Å²) in [6, 6.07) is 10.8. The van der Waals surface area contributed by atoms with Gasteiger partial charge in [-0.05, 0) is 41.8 Å². The van der Waals surface area contributed by atoms with E-state index in [1.165, 1.54) is 12.1 Å². The van der Waals surface area contributed by atoms with E-state index in [0.717, 1.165) is 0 Å². The number of rotatable bonds is 5. The molecule has 1 aromatic heterocycles. The molecule has 1 aliphatic carbocycles. The zero-order valence-electron chi connectivity index (χ0n) is 15.4. The highest BCUT2D eigenvalue weighted by Crippen LogP contribution is 2.48. The summed E-state index contributed by atoms with van der Waals surface area (Å²) >= 11 is -2.34. The van der Waals surface area contributed by atoms with Crippen molar-refractivity contribution in [2.24, 2.45) is 5.14 Å². The second kappa shape index (κ2) is 6.78. The third-order valence-electron chi connectivity index (χ3n) is 4.89. The number of nitrogens with two attached hydrogens (primary N) is 1. The molecule has 1 unspecified atom stereocenters. The Morgan fingerprint density at radius 1 is 1.03 bits per heavy atom. The second-order valence-electron chi connectivity index (χ2n) is 6.77. The van der Waals surface area contributed by atoms with Crippen molar-refractivity contribution in [3.8, 4) is 28.3 Å². The van der Waals surface area contributed by atoms with Crippen LogP contribution in [-0.2, 0) is 26.1 Å². The summed E-state index contributed by atoms with van der Waals surface area (Å²) in [5, 5.41) is 6.53. The minimum atomic E-state index is -4.02. The van der Waals surface area contributed by atoms with Crippen LogP contribution >= 0.6 is 0 Å². The van der Waals surface area contributed by atoms with Crippen LogP contribution in [0, 0.1) is 0 Å². The summed E-state index contributed by atoms with van der Waals surface area (Å²) in [7, 11) is -4.02. The molecule has 12 heteroatoms. The van der Waals surface area contributed by atoms with Crippen LogP contribution in [0.1, 0.15) is 0 Å². The van der Waals surface area contributed by atoms with Crippen LogP contribution < -0.4 is 14.6 Å². The van der Waals surface area contributed by atoms with Gasteiger partial charge >= 0.3 is 0 Å². The van der Waals surface area contributed by atoms with Crippen molar-refractivity contribution in [2.75, 3.05) is 4.72 Å². The van der Waals surface area contributed by atoms with E-state index in [1.54, 1.807) is 30.3 Å². The van der Waals surface area contributed by atoms with Crippen molar-refractivity contribution < 1.29 is 26.7 Å². The predicted octanol–water partition coefficient (Wildman–Crippen LogP) is 2.16. The largest absolute Gasteiger partial charge is 0.429 e. The van der Waals surface area contributed by atoms with Crippen molar-refractivity contribution in [3.63, 3.8) is 0 Å². The van der Waals surface area contributed by atoms with Crippen LogP contribution in [0.25, 0.3) is 44.3 Å². The molecule has 31 heavy (non-hydrogen) atoms. The fraction of sp³-hybridized carbons (Fsp3) is 0. The molecule has 0 fully saturated rings. The van der Waals surface area contributed by atoms with Gasteiger partial charge in [0.2, 0.25) is 10.0 Å². The number of hydrogen-bond acceptors (Lipinski definition) is 7. The first-order valence-electron chi connectivity index (χ1n) is 8.69. The topological polar surface area (TPSA) is 162 Å². The SMILES string of the molecule is NS(=O)(=O)c1cc2c3c(cc(NS(=O)O)cc3c1)-c1nc3cc(OC=O)ccc3nc1-2. The Labute approximate surface area is 177 Å². The lowest BCUT2D eigenvalue weighted by atomic mass is 10.0. The molecule has 10 nitrogen and oxygen atoms in total. The van der Waals surface area contributed by atoms with E-state index < -0.39 is 21.3 Å². The van der Waals surface area contributed by atoms with E-state index >= 15 is 0 Å². The number of fused-ring (bicyclic) bond motifs is 4. The van der Waals surface area contributed by atoms with Crippen molar-refractivity contribution in [2.45, 2.75) is 4.90 Å². The Bertz CT molecular complexity index is 1570. The Hall–Kier alpha value is -3.45. The first-order valence-corrected chi connectivity index (χ1v) is 11.3. The van der Waals surface area contributed by atoms with E-state index in [2.05, 4.69) is 14.7 Å². The number of anilines is 1. The Morgan fingerprint density at radius 3 is 2.42 bits per heavy atom. The molecule has 0 amide bonds. The molecule has 0 spiro atoms. The van der Waals surface area contributed by atoms with Gasteiger partial charge in [-0.15, -0.1) is 0 Å². The quantitative estimate of drug-likeness (QED) is 0.268. The van der Waals surface area contributed by atoms with Gasteiger partial charge in [-0.3, -0.25) is 14.1 Å². The number of nitrogens with zero attached hydrogens (tertiary/aromatic N) is 2. The second-order valence-corrected chi connectivity index (χ2v) is 9.04. The molecule has 4 N–H and O–H groups in total. The number of carbonyl (C=O) groups is 1. The fourth-order valence-corrected chi connectivity index (χ4v) is 4.62. The van der Waals surface area contributed by atoms with Gasteiger partial charge in [0.1, 0.15) is 5.75 Å². The predicted molar refractivity (Wildman–Crippen MR) is 114 cm³/mol. The van der Waals surface area contributed by atoms with Crippen molar-refractivity contribution >= 4 is 55.3 Å². The minimum absolute atomic E-state index is 0.118. The summed E-state index contributed by atoms with van der Waals surface area (Å²) in [4.78, 5) is 19.8. The van der Waals surface area contributed by atoms with Gasteiger partial charge in [0.15, 0.2) is 0 Å². The van der Waals surface area contributed by atoms with E-state index in [4.69, 9.17) is 9.88 Å². The van der Waals surface area contributed by atoms with Crippen LogP contribution in [0.2, 0.25) is 0 Å². The Balaban J connectivity index is 1.86. The first-order chi connectivity index (χ1) is 14.7. The van der Waals surface area contributed by atoms with Gasteiger partial charge in [0.05, 0.1) is 27.3 Å². The van der Waals surface area contributed by atoms with Crippen molar-refractivity contribution in [3.05, 3.63) is 42.5 Å². The van der Waals surface area contributed by atoms with E-state index in [9.17, 15) is 22.0 Å². The van der Waals surface area contributed by atoms with Crippen LogP contribution in [0.15, 0.2) is 47.4 Å². The monoisotopic (exact) mass is 456 g/mol. The number of primary sulfonamides is 1. The third kappa shape index (κ3) is 3.21. The maximum Gasteiger partial charge on any atom is 0.298 e. The molecule has 0 saturated heterocycles. The molecule has 4 aromatic rings. The van der Waals surface area contributed by atoms with Crippen molar-refractivity contribution in [1.29, 1.82) is 0 Å². The number of hydrogen-bond donors (Lipinski definition) is 3. The average Bonchev–Trinajstić information content (AvgIpc) is 2.99. The molecule has 156 valence electrons. The van der Waals surface area contributed by atoms with E-state index in [0.29, 0.717) is 56.5 Å². The van der Waals surface area contributed by atoms with Gasteiger partial charge in [-0.1, -0.05) is 0 Å². The normalized spacial score (nSPS) is 13.2. The van der Waals surface area contributed by atoms with Crippen molar-refractivity contribution in [1.82, 2.24) is 9.97 Å². The van der Waals surface area contributed by atoms with E-state index in [-0.39, 0.29) is 10.6 Å². The molecule has 1 aliphatic rings. The smallest absolute Gasteiger partial charge is 0.298 e. The van der Waals surface area contributed by atoms with Crippen LogP contribution in [0.3, 0.4) is 0 Å². The molecular weight excluding hydrogens is 444 g/mol. The van der Waals surface area contributed by atoms with Crippen LogP contribution in [-0.4, -0.2) is 33.6 Å². The number of carbonyl (C=O) groups excluding carboxylic acids is 1. The first kappa shape index (κ1) is 19.5. The average molecular weight is 456 g/mol. The summed E-state index contributed by atoms with van der Waals surface area (Å²) in [5.74, 6) is 0.292. The van der Waals surface area contributed by atoms with Gasteiger partial charge in [0.25, 0.3) is 17.7 Å². The summed E-state index contributed by atoms with van der Waals surface area (Å²) in [5.41, 5.74) is 3.29. The number of aromatic nitrogens is 2. The lowest BCUT2D eigenvalue weighted by Crippen LogP contribution is -2.12. The minimum Gasteiger partial charge on any atom is -0.429 e. The number of benzene rings is 3. The van der Waals surface area contributed by atoms with Gasteiger partial charge in [-0.25, -0.2) is 27.7 Å². The summed E-state index contributed by atoms with van der Waals surface area (Å²) < 4.78 is 51.8. The Kier molecular flexibility index (Phi) is 4.27. The van der Waals surface area contributed by atoms with Gasteiger partial charge < -0.3 is 4.74 Å². The van der Waals surface area contributed by atoms with Gasteiger partial charge in [0, 0.05) is 28.3 Å². The molecule has 1 atom stereocenters. The standard InChI is InChI=1S/C19H12N4O6S2/c20-31(27,28)12-4-9-3-10(23-30(25)26)5-13-17(9)14(7-12)19-18(13)22-16-6-11(29-8-24)1-2-15(16)21-19/h1-8,23H,(H,25,26)(H2,20,27,28). The summed E-state index contributed by atoms with van der Waals surface area (Å²) in [6.07, 6.45) is 0. The van der Waals surface area contributed by atoms with E-state index in [1.807, 2.05) is 0 Å². The molecule has 3 aromatic carbocycles.